The van der Waals surface area contributed by atoms with Gasteiger partial charge in [-0.2, -0.15) is 4.31 Å². The van der Waals surface area contributed by atoms with Gasteiger partial charge in [0, 0.05) is 56.0 Å². The van der Waals surface area contributed by atoms with Crippen molar-refractivity contribution < 1.29 is 17.6 Å². The molecule has 1 N–H and O–H groups in total. The zero-order valence-corrected chi connectivity index (χ0v) is 18.2. The molecule has 2 aromatic rings. The average molecular weight is 453 g/mol. The van der Waals surface area contributed by atoms with E-state index in [0.717, 1.165) is 5.82 Å². The number of nitrogens with zero attached hydrogens (tertiary/aromatic N) is 3. The minimum atomic E-state index is -3.44. The van der Waals surface area contributed by atoms with E-state index in [0.29, 0.717) is 36.8 Å². The number of nitrogens with one attached hydrogen (secondary N) is 1. The standard InChI is InChI=1S/C20H25FN4O3S2/c21-17-5-1-2-6-18(17)29-15-8-20(26)23-10-16-30(27,28)25-13-11-24(12-14-25)19-7-3-4-9-22-19/h1-7,9H,8,10-16H2,(H,23,26). The van der Waals surface area contributed by atoms with E-state index in [1.54, 1.807) is 24.4 Å². The quantitative estimate of drug-likeness (QED) is 0.586. The van der Waals surface area contributed by atoms with Crippen LogP contribution in [0.2, 0.25) is 0 Å². The van der Waals surface area contributed by atoms with Gasteiger partial charge in [0.05, 0.1) is 5.75 Å². The zero-order chi connectivity index (χ0) is 21.4. The Hall–Kier alpha value is -2.17. The summed E-state index contributed by atoms with van der Waals surface area (Å²) in [5.41, 5.74) is 0. The molecule has 1 aliphatic heterocycles. The minimum absolute atomic E-state index is 0.0615. The maximum atomic E-state index is 13.5. The molecule has 0 saturated carbocycles. The summed E-state index contributed by atoms with van der Waals surface area (Å²) in [5.74, 6) is 0.582. The first-order valence-corrected chi connectivity index (χ1v) is 12.3. The number of carbonyl (C=O) groups excluding carboxylic acids is 1. The van der Waals surface area contributed by atoms with Crippen LogP contribution in [0.4, 0.5) is 10.2 Å². The van der Waals surface area contributed by atoms with Crippen LogP contribution in [0.3, 0.4) is 0 Å². The van der Waals surface area contributed by atoms with Crippen molar-refractivity contribution in [1.82, 2.24) is 14.6 Å². The number of halogens is 1. The van der Waals surface area contributed by atoms with Crippen LogP contribution in [0.15, 0.2) is 53.6 Å². The molecule has 0 radical (unpaired) electrons. The van der Waals surface area contributed by atoms with E-state index in [2.05, 4.69) is 15.2 Å². The highest BCUT2D eigenvalue weighted by Gasteiger charge is 2.27. The van der Waals surface area contributed by atoms with Crippen molar-refractivity contribution in [2.24, 2.45) is 0 Å². The van der Waals surface area contributed by atoms with E-state index in [4.69, 9.17) is 0 Å². The molecule has 0 spiro atoms. The van der Waals surface area contributed by atoms with Gasteiger partial charge in [0.25, 0.3) is 0 Å². The molecule has 7 nitrogen and oxygen atoms in total. The minimum Gasteiger partial charge on any atom is -0.355 e. The number of anilines is 1. The summed E-state index contributed by atoms with van der Waals surface area (Å²) in [6, 6.07) is 12.1. The molecule has 3 rings (SSSR count). The Kier molecular flexibility index (Phi) is 8.06. The molecule has 0 unspecified atom stereocenters. The molecule has 1 aliphatic rings. The summed E-state index contributed by atoms with van der Waals surface area (Å²) in [7, 11) is -3.44. The van der Waals surface area contributed by atoms with Gasteiger partial charge in [-0.25, -0.2) is 17.8 Å². The van der Waals surface area contributed by atoms with E-state index in [1.165, 1.54) is 22.1 Å². The van der Waals surface area contributed by atoms with Crippen LogP contribution in [0.1, 0.15) is 6.42 Å². The molecule has 1 amide bonds. The van der Waals surface area contributed by atoms with Crippen LogP contribution in [0.25, 0.3) is 0 Å². The van der Waals surface area contributed by atoms with Gasteiger partial charge in [0.1, 0.15) is 11.6 Å². The highest BCUT2D eigenvalue weighted by atomic mass is 32.2. The molecular formula is C20H25FN4O3S2. The smallest absolute Gasteiger partial charge is 0.220 e. The van der Waals surface area contributed by atoms with Crippen molar-refractivity contribution in [3.05, 3.63) is 54.5 Å². The van der Waals surface area contributed by atoms with E-state index in [-0.39, 0.29) is 30.4 Å². The van der Waals surface area contributed by atoms with Gasteiger partial charge in [-0.3, -0.25) is 4.79 Å². The van der Waals surface area contributed by atoms with Crippen molar-refractivity contribution in [3.8, 4) is 0 Å². The molecule has 162 valence electrons. The summed E-state index contributed by atoms with van der Waals surface area (Å²) in [6.07, 6.45) is 1.91. The second kappa shape index (κ2) is 10.7. The molecule has 1 aromatic carbocycles. The summed E-state index contributed by atoms with van der Waals surface area (Å²) in [4.78, 5) is 18.8. The van der Waals surface area contributed by atoms with Crippen molar-refractivity contribution in [2.45, 2.75) is 11.3 Å². The highest BCUT2D eigenvalue weighted by Crippen LogP contribution is 2.21. The van der Waals surface area contributed by atoms with Crippen LogP contribution in [-0.2, 0) is 14.8 Å². The van der Waals surface area contributed by atoms with E-state index in [9.17, 15) is 17.6 Å². The van der Waals surface area contributed by atoms with Gasteiger partial charge in [-0.05, 0) is 24.3 Å². The third kappa shape index (κ3) is 6.41. The van der Waals surface area contributed by atoms with Crippen molar-refractivity contribution in [1.29, 1.82) is 0 Å². The fraction of sp³-hybridized carbons (Fsp3) is 0.400. The number of pyridine rings is 1. The lowest BCUT2D eigenvalue weighted by Gasteiger charge is -2.34. The van der Waals surface area contributed by atoms with Crippen LogP contribution >= 0.6 is 11.8 Å². The maximum Gasteiger partial charge on any atom is 0.220 e. The molecule has 30 heavy (non-hydrogen) atoms. The normalized spacial score (nSPS) is 15.2. The van der Waals surface area contributed by atoms with Gasteiger partial charge in [-0.1, -0.05) is 18.2 Å². The first-order valence-electron chi connectivity index (χ1n) is 9.73. The lowest BCUT2D eigenvalue weighted by molar-refractivity contribution is -0.120. The fourth-order valence-corrected chi connectivity index (χ4v) is 5.31. The van der Waals surface area contributed by atoms with Gasteiger partial charge >= 0.3 is 0 Å². The fourth-order valence-electron chi connectivity index (χ4n) is 3.09. The zero-order valence-electron chi connectivity index (χ0n) is 16.5. The van der Waals surface area contributed by atoms with Gasteiger partial charge in [-0.15, -0.1) is 11.8 Å². The van der Waals surface area contributed by atoms with Gasteiger partial charge in [0.2, 0.25) is 15.9 Å². The summed E-state index contributed by atoms with van der Waals surface area (Å²) in [5, 5.41) is 2.64. The predicted molar refractivity (Wildman–Crippen MR) is 117 cm³/mol. The van der Waals surface area contributed by atoms with E-state index < -0.39 is 10.0 Å². The first kappa shape index (κ1) is 22.5. The second-order valence-electron chi connectivity index (χ2n) is 6.77. The Morgan fingerprint density at radius 3 is 2.53 bits per heavy atom. The van der Waals surface area contributed by atoms with Crippen LogP contribution < -0.4 is 10.2 Å². The van der Waals surface area contributed by atoms with Crippen LogP contribution in [0.5, 0.6) is 0 Å². The summed E-state index contributed by atoms with van der Waals surface area (Å²) < 4.78 is 40.1. The Labute approximate surface area is 180 Å². The number of rotatable bonds is 9. The molecule has 2 heterocycles. The number of thioether (sulfide) groups is 1. The molecule has 0 aliphatic carbocycles. The van der Waals surface area contributed by atoms with Crippen molar-refractivity contribution in [2.75, 3.05) is 49.1 Å². The van der Waals surface area contributed by atoms with E-state index >= 15 is 0 Å². The third-order valence-electron chi connectivity index (χ3n) is 4.71. The molecule has 1 aromatic heterocycles. The third-order valence-corrected chi connectivity index (χ3v) is 7.63. The highest BCUT2D eigenvalue weighted by molar-refractivity contribution is 7.99. The Balaban J connectivity index is 1.36. The maximum absolute atomic E-state index is 13.5. The number of benzene rings is 1. The number of sulfonamides is 1. The Morgan fingerprint density at radius 2 is 1.83 bits per heavy atom. The second-order valence-corrected chi connectivity index (χ2v) is 9.99. The van der Waals surface area contributed by atoms with Gasteiger partial charge < -0.3 is 10.2 Å². The predicted octanol–water partition coefficient (Wildman–Crippen LogP) is 1.97. The number of carbonyl (C=O) groups is 1. The van der Waals surface area contributed by atoms with Crippen molar-refractivity contribution in [3.63, 3.8) is 0 Å². The van der Waals surface area contributed by atoms with E-state index in [1.807, 2.05) is 18.2 Å². The Morgan fingerprint density at radius 1 is 1.10 bits per heavy atom. The van der Waals surface area contributed by atoms with Crippen LogP contribution in [0, 0.1) is 5.82 Å². The number of hydrogen-bond donors (Lipinski definition) is 1. The number of hydrogen-bond acceptors (Lipinski definition) is 6. The number of amides is 1. The van der Waals surface area contributed by atoms with Crippen molar-refractivity contribution >= 4 is 33.5 Å². The first-order chi connectivity index (χ1) is 14.5. The number of aromatic nitrogens is 1. The topological polar surface area (TPSA) is 82.6 Å². The molecular weight excluding hydrogens is 427 g/mol. The molecule has 0 bridgehead atoms. The lowest BCUT2D eigenvalue weighted by Crippen LogP contribution is -2.50. The Bertz CT molecular complexity index is 936. The lowest BCUT2D eigenvalue weighted by atomic mass is 10.3. The molecule has 1 saturated heterocycles. The van der Waals surface area contributed by atoms with Gasteiger partial charge in [0.15, 0.2) is 0 Å². The molecule has 10 heteroatoms. The summed E-state index contributed by atoms with van der Waals surface area (Å²) in [6.45, 7) is 2.01. The average Bonchev–Trinajstić information content (AvgIpc) is 2.76. The summed E-state index contributed by atoms with van der Waals surface area (Å²) >= 11 is 1.26. The monoisotopic (exact) mass is 452 g/mol. The molecule has 0 atom stereocenters. The SMILES string of the molecule is O=C(CCSc1ccccc1F)NCCS(=O)(=O)N1CCN(c2ccccn2)CC1. The number of piperazine rings is 1. The largest absolute Gasteiger partial charge is 0.355 e. The molecule has 1 fully saturated rings. The van der Waals surface area contributed by atoms with Crippen LogP contribution in [-0.4, -0.2) is 67.8 Å².